The normalized spacial score (nSPS) is 16.2. The molecular weight excluding hydrogens is 480 g/mol. The first-order chi connectivity index (χ1) is 18.6. The number of aryl methyl sites for hydroxylation is 1. The minimum Gasteiger partial charge on any atom is -0.489 e. The van der Waals surface area contributed by atoms with Gasteiger partial charge >= 0.3 is 0 Å². The summed E-state index contributed by atoms with van der Waals surface area (Å²) in [6.45, 7) is 6.54. The highest BCUT2D eigenvalue weighted by Gasteiger charge is 2.28. The van der Waals surface area contributed by atoms with Crippen molar-refractivity contribution in [3.8, 4) is 23.1 Å². The van der Waals surface area contributed by atoms with E-state index in [1.165, 1.54) is 11.3 Å². The van der Waals surface area contributed by atoms with E-state index in [-0.39, 0.29) is 12.2 Å². The number of benzene rings is 2. The summed E-state index contributed by atoms with van der Waals surface area (Å²) in [7, 11) is 1.69. The van der Waals surface area contributed by atoms with Gasteiger partial charge in [-0.05, 0) is 48.4 Å². The van der Waals surface area contributed by atoms with E-state index in [0.717, 1.165) is 48.6 Å². The molecule has 0 saturated carbocycles. The molecule has 1 aromatic heterocycles. The summed E-state index contributed by atoms with van der Waals surface area (Å²) in [5.74, 6) is 1.35. The monoisotopic (exact) mass is 514 g/mol. The molecule has 0 N–H and O–H groups in total. The number of rotatable bonds is 10. The Kier molecular flexibility index (Phi) is 8.49. The lowest BCUT2D eigenvalue weighted by molar-refractivity contribution is 0.00396. The highest BCUT2D eigenvalue weighted by Crippen LogP contribution is 2.29. The van der Waals surface area contributed by atoms with Crippen molar-refractivity contribution in [2.75, 3.05) is 51.5 Å². The minimum atomic E-state index is 0.0806. The van der Waals surface area contributed by atoms with Crippen LogP contribution >= 0.6 is 0 Å². The molecule has 2 saturated heterocycles. The molecule has 0 spiro atoms. The van der Waals surface area contributed by atoms with Crippen LogP contribution < -0.4 is 9.64 Å². The maximum Gasteiger partial charge on any atom is 0.137 e. The third-order valence-corrected chi connectivity index (χ3v) is 7.03. The van der Waals surface area contributed by atoms with Crippen molar-refractivity contribution in [1.29, 1.82) is 5.26 Å². The van der Waals surface area contributed by atoms with E-state index >= 15 is 0 Å². The lowest BCUT2D eigenvalue weighted by Crippen LogP contribution is -2.52. The third kappa shape index (κ3) is 6.30. The molecule has 0 bridgehead atoms. The number of hydrogen-bond donors (Lipinski definition) is 0. The van der Waals surface area contributed by atoms with Gasteiger partial charge in [-0.25, -0.2) is 9.97 Å². The molecule has 0 amide bonds. The number of hydrogen-bond acceptors (Lipinski definition) is 8. The van der Waals surface area contributed by atoms with Crippen LogP contribution in [0, 0.1) is 18.3 Å². The molecule has 2 aromatic carbocycles. The zero-order chi connectivity index (χ0) is 26.3. The topological polar surface area (TPSA) is 89.7 Å². The van der Waals surface area contributed by atoms with Gasteiger partial charge in [0.1, 0.15) is 23.7 Å². The lowest BCUT2D eigenvalue weighted by atomic mass is 10.0. The Morgan fingerprint density at radius 1 is 1.05 bits per heavy atom. The molecule has 2 aliphatic rings. The fourth-order valence-corrected chi connectivity index (χ4v) is 4.82. The quantitative estimate of drug-likeness (QED) is 0.370. The summed E-state index contributed by atoms with van der Waals surface area (Å²) in [6, 6.07) is 16.4. The van der Waals surface area contributed by atoms with Crippen LogP contribution in [0.15, 0.2) is 48.7 Å². The van der Waals surface area contributed by atoms with E-state index in [2.05, 4.69) is 41.1 Å². The summed E-state index contributed by atoms with van der Waals surface area (Å²) < 4.78 is 22.4. The van der Waals surface area contributed by atoms with Crippen molar-refractivity contribution in [3.05, 3.63) is 71.2 Å². The number of anilines is 1. The van der Waals surface area contributed by atoms with Gasteiger partial charge in [0.2, 0.25) is 0 Å². The first kappa shape index (κ1) is 26.1. The maximum absolute atomic E-state index is 9.75. The molecule has 8 nitrogen and oxygen atoms in total. The van der Waals surface area contributed by atoms with Crippen LogP contribution in [0.1, 0.15) is 35.4 Å². The lowest BCUT2D eigenvalue weighted by Gasteiger charge is -2.41. The minimum absolute atomic E-state index is 0.0806. The van der Waals surface area contributed by atoms with Crippen molar-refractivity contribution in [3.63, 3.8) is 0 Å². The first-order valence-electron chi connectivity index (χ1n) is 13.2. The highest BCUT2D eigenvalue weighted by molar-refractivity contribution is 5.64. The smallest absolute Gasteiger partial charge is 0.137 e. The van der Waals surface area contributed by atoms with Crippen LogP contribution in [0.2, 0.25) is 0 Å². The standard InChI is InChI=1S/C30H34N4O4/c1-21-3-4-22(15-28(21)34-19-26(20-34)37-14-13-35-2)16-30-32-10-7-27(33-30)23-5-6-29(24(17-23)18-31)38-25-8-11-36-12-9-25/h3-7,10,15,17,25-26H,8-9,11-14,16,19-20H2,1-2H3. The van der Waals surface area contributed by atoms with E-state index in [1.807, 2.05) is 24.3 Å². The predicted molar refractivity (Wildman–Crippen MR) is 144 cm³/mol. The van der Waals surface area contributed by atoms with E-state index in [1.54, 1.807) is 13.3 Å². The van der Waals surface area contributed by atoms with Crippen LogP contribution in [0.5, 0.6) is 5.75 Å². The number of methoxy groups -OCH3 is 1. The summed E-state index contributed by atoms with van der Waals surface area (Å²) in [5.41, 5.74) is 5.79. The van der Waals surface area contributed by atoms with Crippen molar-refractivity contribution in [2.24, 2.45) is 0 Å². The van der Waals surface area contributed by atoms with Gasteiger partial charge in [0.15, 0.2) is 0 Å². The predicted octanol–water partition coefficient (Wildman–Crippen LogP) is 4.32. The Morgan fingerprint density at radius 2 is 1.89 bits per heavy atom. The Bertz CT molecular complexity index is 1280. The van der Waals surface area contributed by atoms with Gasteiger partial charge in [-0.3, -0.25) is 0 Å². The van der Waals surface area contributed by atoms with Gasteiger partial charge in [-0.15, -0.1) is 0 Å². The van der Waals surface area contributed by atoms with Gasteiger partial charge in [0.05, 0.1) is 43.8 Å². The molecule has 0 atom stereocenters. The van der Waals surface area contributed by atoms with Gasteiger partial charge in [-0.1, -0.05) is 12.1 Å². The second-order valence-electron chi connectivity index (χ2n) is 9.80. The molecule has 198 valence electrons. The second kappa shape index (κ2) is 12.4. The third-order valence-electron chi connectivity index (χ3n) is 7.03. The van der Waals surface area contributed by atoms with E-state index in [4.69, 9.17) is 23.9 Å². The van der Waals surface area contributed by atoms with Gasteiger partial charge in [0, 0.05) is 56.9 Å². The number of ether oxygens (including phenoxy) is 4. The van der Waals surface area contributed by atoms with Gasteiger partial charge in [0.25, 0.3) is 0 Å². The van der Waals surface area contributed by atoms with Crippen LogP contribution in [-0.2, 0) is 20.6 Å². The molecule has 8 heteroatoms. The maximum atomic E-state index is 9.75. The summed E-state index contributed by atoms with van der Waals surface area (Å²) >= 11 is 0. The SMILES string of the molecule is COCCOC1CN(c2cc(Cc3nccc(-c4ccc(OC5CCOCC5)c(C#N)c4)n3)ccc2C)C1. The Labute approximate surface area is 224 Å². The molecule has 0 radical (unpaired) electrons. The van der Waals surface area contributed by atoms with E-state index < -0.39 is 0 Å². The second-order valence-corrected chi connectivity index (χ2v) is 9.80. The Hall–Kier alpha value is -3.51. The first-order valence-corrected chi connectivity index (χ1v) is 13.2. The molecule has 3 aromatic rings. The largest absolute Gasteiger partial charge is 0.489 e. The zero-order valence-electron chi connectivity index (χ0n) is 22.1. The number of aromatic nitrogens is 2. The number of nitrogens with zero attached hydrogens (tertiary/aromatic N) is 4. The zero-order valence-corrected chi connectivity index (χ0v) is 22.1. The molecular formula is C30H34N4O4. The van der Waals surface area contributed by atoms with Crippen LogP contribution in [-0.4, -0.2) is 68.8 Å². The molecule has 0 aliphatic carbocycles. The van der Waals surface area contributed by atoms with E-state index in [9.17, 15) is 5.26 Å². The number of nitriles is 1. The van der Waals surface area contributed by atoms with Gasteiger partial charge in [-0.2, -0.15) is 5.26 Å². The molecule has 2 aliphatic heterocycles. The highest BCUT2D eigenvalue weighted by atomic mass is 16.5. The Morgan fingerprint density at radius 3 is 2.68 bits per heavy atom. The average Bonchev–Trinajstić information content (AvgIpc) is 2.92. The van der Waals surface area contributed by atoms with Gasteiger partial charge < -0.3 is 23.8 Å². The summed E-state index contributed by atoms with van der Waals surface area (Å²) in [4.78, 5) is 11.7. The van der Waals surface area contributed by atoms with Crippen LogP contribution in [0.3, 0.4) is 0 Å². The van der Waals surface area contributed by atoms with Crippen molar-refractivity contribution >= 4 is 5.69 Å². The fourth-order valence-electron chi connectivity index (χ4n) is 4.82. The average molecular weight is 515 g/mol. The molecule has 0 unspecified atom stereocenters. The molecule has 2 fully saturated rings. The van der Waals surface area contributed by atoms with Crippen LogP contribution in [0.25, 0.3) is 11.3 Å². The molecule has 38 heavy (non-hydrogen) atoms. The Balaban J connectivity index is 1.26. The summed E-state index contributed by atoms with van der Waals surface area (Å²) in [5, 5.41) is 9.75. The molecule has 3 heterocycles. The van der Waals surface area contributed by atoms with Crippen LogP contribution in [0.4, 0.5) is 5.69 Å². The molecule has 5 rings (SSSR count). The fraction of sp³-hybridized carbons (Fsp3) is 0.433. The van der Waals surface area contributed by atoms with Crippen molar-refractivity contribution < 1.29 is 18.9 Å². The van der Waals surface area contributed by atoms with Crippen molar-refractivity contribution in [2.45, 2.75) is 38.4 Å². The van der Waals surface area contributed by atoms with Crippen molar-refractivity contribution in [1.82, 2.24) is 9.97 Å². The van der Waals surface area contributed by atoms with E-state index in [0.29, 0.717) is 44.2 Å². The summed E-state index contributed by atoms with van der Waals surface area (Å²) in [6.07, 6.45) is 4.41.